The Hall–Kier alpha value is -4.13. The third-order valence-corrected chi connectivity index (χ3v) is 6.01. The van der Waals surface area contributed by atoms with E-state index in [-0.39, 0.29) is 5.91 Å². The zero-order valence-electron chi connectivity index (χ0n) is 20.6. The van der Waals surface area contributed by atoms with Crippen LogP contribution in [0.2, 0.25) is 0 Å². The van der Waals surface area contributed by atoms with Crippen LogP contribution in [0.15, 0.2) is 72.8 Å². The Labute approximate surface area is 205 Å². The molecule has 0 bridgehead atoms. The molecule has 0 aliphatic heterocycles. The fourth-order valence-electron chi connectivity index (χ4n) is 3.97. The number of methoxy groups -OCH3 is 2. The largest absolute Gasteiger partial charge is 0.497 e. The summed E-state index contributed by atoms with van der Waals surface area (Å²) in [6.45, 7) is 2.78. The number of benzene rings is 3. The molecule has 0 fully saturated rings. The summed E-state index contributed by atoms with van der Waals surface area (Å²) in [5, 5.41) is 8.67. The Bertz CT molecular complexity index is 1280. The molecule has 35 heavy (non-hydrogen) atoms. The van der Waals surface area contributed by atoms with Gasteiger partial charge in [0.25, 0.3) is 0 Å². The van der Waals surface area contributed by atoms with Gasteiger partial charge in [0.15, 0.2) is 0 Å². The smallest absolute Gasteiger partial charge is 0.227 e. The van der Waals surface area contributed by atoms with Crippen molar-refractivity contribution in [2.24, 2.45) is 7.05 Å². The van der Waals surface area contributed by atoms with Crippen LogP contribution in [-0.2, 0) is 31.4 Å². The van der Waals surface area contributed by atoms with E-state index in [0.29, 0.717) is 31.0 Å². The van der Waals surface area contributed by atoms with Crippen LogP contribution in [0.1, 0.15) is 22.4 Å². The van der Waals surface area contributed by atoms with Crippen molar-refractivity contribution in [1.29, 1.82) is 0 Å². The van der Waals surface area contributed by atoms with Crippen molar-refractivity contribution in [2.45, 2.75) is 26.4 Å². The summed E-state index contributed by atoms with van der Waals surface area (Å²) in [4.78, 5) is 15.4. The van der Waals surface area contributed by atoms with Crippen molar-refractivity contribution < 1.29 is 14.3 Å². The molecular weight excluding hydrogens is 440 g/mol. The maximum Gasteiger partial charge on any atom is 0.227 e. The molecule has 4 aromatic rings. The predicted octanol–water partition coefficient (Wildman–Crippen LogP) is 4.58. The molecule has 1 amide bonds. The molecule has 180 valence electrons. The number of aryl methyl sites for hydroxylation is 2. The molecule has 4 rings (SSSR count). The SMILES string of the molecule is COc1ccc(CN(Cc2c(-c3ccc(C)cc3)nnn2C)C(=O)Cc2ccccc2)c(OC)c1. The maximum absolute atomic E-state index is 13.6. The Kier molecular flexibility index (Phi) is 7.45. The van der Waals surface area contributed by atoms with Crippen LogP contribution in [0, 0.1) is 6.92 Å². The average molecular weight is 471 g/mol. The van der Waals surface area contributed by atoms with Crippen LogP contribution in [0.25, 0.3) is 11.3 Å². The predicted molar refractivity (Wildman–Crippen MR) is 135 cm³/mol. The summed E-state index contributed by atoms with van der Waals surface area (Å²) < 4.78 is 12.7. The van der Waals surface area contributed by atoms with Gasteiger partial charge in [-0.3, -0.25) is 4.79 Å². The van der Waals surface area contributed by atoms with Crippen molar-refractivity contribution in [3.8, 4) is 22.8 Å². The Morgan fingerprint density at radius 2 is 1.69 bits per heavy atom. The first-order chi connectivity index (χ1) is 17.0. The van der Waals surface area contributed by atoms with Crippen LogP contribution in [-0.4, -0.2) is 40.0 Å². The van der Waals surface area contributed by atoms with Gasteiger partial charge in [0.2, 0.25) is 5.91 Å². The molecule has 0 saturated heterocycles. The standard InChI is InChI=1S/C28H30N4O3/c1-20-10-12-22(13-11-20)28-25(31(2)30-29-28)19-32(27(33)16-21-8-6-5-7-9-21)18-23-14-15-24(34-3)17-26(23)35-4/h5-15,17H,16,18-19H2,1-4H3. The van der Waals surface area contributed by atoms with Gasteiger partial charge in [0.1, 0.15) is 17.2 Å². The van der Waals surface area contributed by atoms with E-state index >= 15 is 0 Å². The molecular formula is C28H30N4O3. The van der Waals surface area contributed by atoms with E-state index in [1.54, 1.807) is 18.9 Å². The molecule has 0 aliphatic rings. The van der Waals surface area contributed by atoms with Gasteiger partial charge in [-0.2, -0.15) is 0 Å². The highest BCUT2D eigenvalue weighted by molar-refractivity contribution is 5.79. The second-order valence-corrected chi connectivity index (χ2v) is 8.46. The zero-order chi connectivity index (χ0) is 24.8. The molecule has 0 saturated carbocycles. The molecule has 0 radical (unpaired) electrons. The third kappa shape index (κ3) is 5.69. The highest BCUT2D eigenvalue weighted by Crippen LogP contribution is 2.28. The summed E-state index contributed by atoms with van der Waals surface area (Å²) in [5.74, 6) is 1.37. The highest BCUT2D eigenvalue weighted by atomic mass is 16.5. The van der Waals surface area contributed by atoms with Crippen LogP contribution < -0.4 is 9.47 Å². The minimum Gasteiger partial charge on any atom is -0.497 e. The van der Waals surface area contributed by atoms with Crippen molar-refractivity contribution >= 4 is 5.91 Å². The summed E-state index contributed by atoms with van der Waals surface area (Å²) in [6.07, 6.45) is 0.296. The number of amides is 1. The van der Waals surface area contributed by atoms with Crippen molar-refractivity contribution in [3.63, 3.8) is 0 Å². The van der Waals surface area contributed by atoms with Crippen LogP contribution in [0.4, 0.5) is 0 Å². The van der Waals surface area contributed by atoms with Crippen molar-refractivity contribution in [3.05, 3.63) is 95.2 Å². The Morgan fingerprint density at radius 1 is 0.943 bits per heavy atom. The fraction of sp³-hybridized carbons (Fsp3) is 0.250. The van der Waals surface area contributed by atoms with E-state index in [9.17, 15) is 4.79 Å². The number of hydrogen-bond acceptors (Lipinski definition) is 5. The first kappa shape index (κ1) is 24.0. The van der Waals surface area contributed by atoms with Gasteiger partial charge in [-0.25, -0.2) is 4.68 Å². The van der Waals surface area contributed by atoms with Gasteiger partial charge in [-0.1, -0.05) is 65.4 Å². The minimum absolute atomic E-state index is 0.00475. The first-order valence-corrected chi connectivity index (χ1v) is 11.5. The van der Waals surface area contributed by atoms with Gasteiger partial charge in [-0.15, -0.1) is 5.10 Å². The topological polar surface area (TPSA) is 69.5 Å². The van der Waals surface area contributed by atoms with Crippen LogP contribution in [0.3, 0.4) is 0 Å². The molecule has 0 aliphatic carbocycles. The van der Waals surface area contributed by atoms with Gasteiger partial charge < -0.3 is 14.4 Å². The Morgan fingerprint density at radius 3 is 2.37 bits per heavy atom. The average Bonchev–Trinajstić information content (AvgIpc) is 3.24. The van der Waals surface area contributed by atoms with E-state index in [4.69, 9.17) is 9.47 Å². The molecule has 0 unspecified atom stereocenters. The molecule has 0 spiro atoms. The van der Waals surface area contributed by atoms with Gasteiger partial charge in [0, 0.05) is 30.8 Å². The number of aromatic nitrogens is 3. The summed E-state index contributed by atoms with van der Waals surface area (Å²) in [7, 11) is 5.09. The zero-order valence-corrected chi connectivity index (χ0v) is 20.6. The molecule has 3 aromatic carbocycles. The fourth-order valence-corrected chi connectivity index (χ4v) is 3.97. The number of carbonyl (C=O) groups is 1. The lowest BCUT2D eigenvalue weighted by Crippen LogP contribution is -2.32. The summed E-state index contributed by atoms with van der Waals surface area (Å²) in [6, 6.07) is 23.6. The van der Waals surface area contributed by atoms with E-state index in [1.807, 2.05) is 91.7 Å². The van der Waals surface area contributed by atoms with Gasteiger partial charge in [0.05, 0.1) is 32.9 Å². The van der Waals surface area contributed by atoms with Crippen LogP contribution >= 0.6 is 0 Å². The lowest BCUT2D eigenvalue weighted by atomic mass is 10.1. The second-order valence-electron chi connectivity index (χ2n) is 8.46. The van der Waals surface area contributed by atoms with E-state index in [2.05, 4.69) is 10.3 Å². The summed E-state index contributed by atoms with van der Waals surface area (Å²) in [5.41, 5.74) is 5.63. The molecule has 7 nitrogen and oxygen atoms in total. The van der Waals surface area contributed by atoms with E-state index in [1.165, 1.54) is 5.56 Å². The van der Waals surface area contributed by atoms with Crippen molar-refractivity contribution in [2.75, 3.05) is 14.2 Å². The summed E-state index contributed by atoms with van der Waals surface area (Å²) >= 11 is 0. The molecule has 7 heteroatoms. The number of ether oxygens (including phenoxy) is 2. The first-order valence-electron chi connectivity index (χ1n) is 11.5. The van der Waals surface area contributed by atoms with E-state index in [0.717, 1.165) is 28.1 Å². The maximum atomic E-state index is 13.6. The molecule has 0 N–H and O–H groups in total. The monoisotopic (exact) mass is 470 g/mol. The van der Waals surface area contributed by atoms with Crippen LogP contribution in [0.5, 0.6) is 11.5 Å². The van der Waals surface area contributed by atoms with Gasteiger partial charge in [-0.05, 0) is 24.6 Å². The molecule has 1 heterocycles. The highest BCUT2D eigenvalue weighted by Gasteiger charge is 2.22. The molecule has 1 aromatic heterocycles. The van der Waals surface area contributed by atoms with Gasteiger partial charge >= 0.3 is 0 Å². The number of hydrogen-bond donors (Lipinski definition) is 0. The Balaban J connectivity index is 1.68. The quantitative estimate of drug-likeness (QED) is 0.358. The normalized spacial score (nSPS) is 10.7. The molecule has 0 atom stereocenters. The lowest BCUT2D eigenvalue weighted by Gasteiger charge is -2.24. The van der Waals surface area contributed by atoms with E-state index < -0.39 is 0 Å². The van der Waals surface area contributed by atoms with Crippen molar-refractivity contribution in [1.82, 2.24) is 19.9 Å². The second kappa shape index (κ2) is 10.9. The number of nitrogens with zero attached hydrogens (tertiary/aromatic N) is 4. The number of carbonyl (C=O) groups excluding carboxylic acids is 1. The minimum atomic E-state index is 0.00475. The lowest BCUT2D eigenvalue weighted by molar-refractivity contribution is -0.131. The third-order valence-electron chi connectivity index (χ3n) is 6.01. The number of rotatable bonds is 9.